The minimum atomic E-state index is -3.22. The van der Waals surface area contributed by atoms with Gasteiger partial charge < -0.3 is 9.64 Å². The van der Waals surface area contributed by atoms with Gasteiger partial charge in [-0.25, -0.2) is 8.42 Å². The lowest BCUT2D eigenvalue weighted by molar-refractivity contribution is 0.00709. The second kappa shape index (κ2) is 8.39. The number of amides is 1. The van der Waals surface area contributed by atoms with Crippen molar-refractivity contribution in [2.45, 2.75) is 44.6 Å². The summed E-state index contributed by atoms with van der Waals surface area (Å²) in [7, 11) is -1.42. The summed E-state index contributed by atoms with van der Waals surface area (Å²) in [6.45, 7) is 1.99. The first-order chi connectivity index (χ1) is 12.5. The molecule has 2 fully saturated rings. The Morgan fingerprint density at radius 3 is 2.62 bits per heavy atom. The van der Waals surface area contributed by atoms with Crippen LogP contribution in [0.15, 0.2) is 24.3 Å². The number of nitrogens with zero attached hydrogens (tertiary/aromatic N) is 2. The smallest absolute Gasteiger partial charge is 0.253 e. The highest BCUT2D eigenvalue weighted by molar-refractivity contribution is 7.92. The normalized spacial score (nSPS) is 22.8. The quantitative estimate of drug-likeness (QED) is 0.788. The predicted molar refractivity (Wildman–Crippen MR) is 102 cm³/mol. The Kier molecular flexibility index (Phi) is 6.19. The van der Waals surface area contributed by atoms with Crippen molar-refractivity contribution < 1.29 is 17.9 Å². The van der Waals surface area contributed by atoms with Gasteiger partial charge in [-0.1, -0.05) is 0 Å². The van der Waals surface area contributed by atoms with Crippen molar-refractivity contribution in [1.82, 2.24) is 4.90 Å². The molecule has 2 aliphatic rings. The fraction of sp³-hybridized carbons (Fsp3) is 0.632. The molecule has 1 unspecified atom stereocenters. The van der Waals surface area contributed by atoms with E-state index >= 15 is 0 Å². The van der Waals surface area contributed by atoms with Crippen molar-refractivity contribution in [3.63, 3.8) is 0 Å². The summed E-state index contributed by atoms with van der Waals surface area (Å²) in [6, 6.07) is 6.90. The van der Waals surface area contributed by atoms with E-state index in [0.29, 0.717) is 30.8 Å². The summed E-state index contributed by atoms with van der Waals surface area (Å²) < 4.78 is 31.5. The molecule has 1 atom stereocenters. The molecule has 2 aliphatic heterocycles. The van der Waals surface area contributed by atoms with Gasteiger partial charge in [-0.3, -0.25) is 9.10 Å². The van der Waals surface area contributed by atoms with Gasteiger partial charge >= 0.3 is 0 Å². The number of rotatable bonds is 5. The minimum Gasteiger partial charge on any atom is -0.378 e. The Morgan fingerprint density at radius 2 is 1.96 bits per heavy atom. The summed E-state index contributed by atoms with van der Waals surface area (Å²) >= 11 is 0. The highest BCUT2D eigenvalue weighted by Gasteiger charge is 2.26. The third-order valence-electron chi connectivity index (χ3n) is 5.16. The second-order valence-electron chi connectivity index (χ2n) is 7.15. The summed E-state index contributed by atoms with van der Waals surface area (Å²) in [4.78, 5) is 14.3. The highest BCUT2D eigenvalue weighted by Crippen LogP contribution is 2.24. The van der Waals surface area contributed by atoms with E-state index < -0.39 is 10.0 Å². The monoisotopic (exact) mass is 380 g/mol. The zero-order valence-corrected chi connectivity index (χ0v) is 16.2. The molecule has 0 bridgehead atoms. The summed E-state index contributed by atoms with van der Waals surface area (Å²) in [5, 5.41) is 0. The molecule has 0 saturated carbocycles. The first-order valence-electron chi connectivity index (χ1n) is 9.45. The number of anilines is 1. The van der Waals surface area contributed by atoms with Crippen molar-refractivity contribution in [3.8, 4) is 0 Å². The van der Waals surface area contributed by atoms with Gasteiger partial charge in [0.2, 0.25) is 10.0 Å². The van der Waals surface area contributed by atoms with Crippen LogP contribution in [0.4, 0.5) is 5.69 Å². The maximum atomic E-state index is 12.6. The van der Waals surface area contributed by atoms with Crippen molar-refractivity contribution >= 4 is 21.6 Å². The third kappa shape index (κ3) is 4.57. The van der Waals surface area contributed by atoms with Crippen molar-refractivity contribution in [2.75, 3.05) is 36.8 Å². The molecule has 0 radical (unpaired) electrons. The van der Waals surface area contributed by atoms with Gasteiger partial charge in [0.15, 0.2) is 0 Å². The summed E-state index contributed by atoms with van der Waals surface area (Å²) in [5.74, 6) is 0.147. The van der Waals surface area contributed by atoms with E-state index in [-0.39, 0.29) is 17.8 Å². The fourth-order valence-electron chi connectivity index (χ4n) is 3.54. The van der Waals surface area contributed by atoms with E-state index in [1.54, 1.807) is 36.2 Å². The first kappa shape index (κ1) is 19.2. The molecular formula is C19H28N2O4S. The van der Waals surface area contributed by atoms with E-state index in [0.717, 1.165) is 32.3 Å². The maximum Gasteiger partial charge on any atom is 0.253 e. The van der Waals surface area contributed by atoms with Crippen LogP contribution < -0.4 is 4.31 Å². The van der Waals surface area contributed by atoms with Gasteiger partial charge in [-0.05, 0) is 62.8 Å². The number of benzene rings is 1. The van der Waals surface area contributed by atoms with Gasteiger partial charge in [0.05, 0.1) is 17.5 Å². The van der Waals surface area contributed by atoms with Crippen LogP contribution in [0.5, 0.6) is 0 Å². The number of ether oxygens (including phenoxy) is 1. The minimum absolute atomic E-state index is 0.0474. The van der Waals surface area contributed by atoms with E-state index in [9.17, 15) is 13.2 Å². The Hall–Kier alpha value is -1.60. The SMILES string of the molecule is CN(CCC1CCCCO1)C(=O)c1ccc(N2CCCCS2(=O)=O)cc1. The fourth-order valence-corrected chi connectivity index (χ4v) is 5.18. The highest BCUT2D eigenvalue weighted by atomic mass is 32.2. The average molecular weight is 381 g/mol. The molecule has 0 N–H and O–H groups in total. The Balaban J connectivity index is 1.59. The van der Waals surface area contributed by atoms with Crippen LogP contribution in [0.25, 0.3) is 0 Å². The Bertz CT molecular complexity index is 712. The summed E-state index contributed by atoms with van der Waals surface area (Å²) in [5.41, 5.74) is 1.22. The molecule has 2 saturated heterocycles. The number of carbonyl (C=O) groups is 1. The lowest BCUT2D eigenvalue weighted by Crippen LogP contribution is -2.37. The maximum absolute atomic E-state index is 12.6. The van der Waals surface area contributed by atoms with Crippen LogP contribution in [0.2, 0.25) is 0 Å². The lowest BCUT2D eigenvalue weighted by atomic mass is 10.1. The summed E-state index contributed by atoms with van der Waals surface area (Å²) in [6.07, 6.45) is 6.09. The Morgan fingerprint density at radius 1 is 1.19 bits per heavy atom. The topological polar surface area (TPSA) is 66.9 Å². The molecule has 6 nitrogen and oxygen atoms in total. The standard InChI is InChI=1S/C19H28N2O4S/c1-20(13-11-18-6-2-4-14-25-18)19(22)16-7-9-17(10-8-16)21-12-3-5-15-26(21,23)24/h7-10,18H,2-6,11-15H2,1H3. The molecular weight excluding hydrogens is 352 g/mol. The van der Waals surface area contributed by atoms with Crippen molar-refractivity contribution in [2.24, 2.45) is 0 Å². The van der Waals surface area contributed by atoms with Gasteiger partial charge in [0.1, 0.15) is 0 Å². The van der Waals surface area contributed by atoms with Crippen LogP contribution in [-0.2, 0) is 14.8 Å². The Labute approximate surface area is 156 Å². The van der Waals surface area contributed by atoms with E-state index in [2.05, 4.69) is 0 Å². The zero-order valence-electron chi connectivity index (χ0n) is 15.4. The molecule has 26 heavy (non-hydrogen) atoms. The van der Waals surface area contributed by atoms with E-state index in [1.807, 2.05) is 0 Å². The molecule has 0 spiro atoms. The first-order valence-corrected chi connectivity index (χ1v) is 11.1. The van der Waals surface area contributed by atoms with Crippen LogP contribution in [-0.4, -0.2) is 57.8 Å². The number of sulfonamides is 1. The molecule has 2 heterocycles. The molecule has 3 rings (SSSR count). The van der Waals surface area contributed by atoms with Gasteiger partial charge in [0, 0.05) is 32.3 Å². The number of hydrogen-bond acceptors (Lipinski definition) is 4. The molecule has 7 heteroatoms. The second-order valence-corrected chi connectivity index (χ2v) is 9.16. The van der Waals surface area contributed by atoms with Gasteiger partial charge in [-0.2, -0.15) is 0 Å². The zero-order chi connectivity index (χ0) is 18.6. The molecule has 1 aromatic rings. The molecule has 0 aliphatic carbocycles. The molecule has 1 aromatic carbocycles. The average Bonchev–Trinajstić information content (AvgIpc) is 2.66. The number of hydrogen-bond donors (Lipinski definition) is 0. The largest absolute Gasteiger partial charge is 0.378 e. The van der Waals surface area contributed by atoms with Crippen LogP contribution >= 0.6 is 0 Å². The molecule has 0 aromatic heterocycles. The van der Waals surface area contributed by atoms with Gasteiger partial charge in [0.25, 0.3) is 5.91 Å². The lowest BCUT2D eigenvalue weighted by Gasteiger charge is -2.28. The molecule has 1 amide bonds. The van der Waals surface area contributed by atoms with E-state index in [4.69, 9.17) is 4.74 Å². The van der Waals surface area contributed by atoms with Gasteiger partial charge in [-0.15, -0.1) is 0 Å². The number of carbonyl (C=O) groups excluding carboxylic acids is 1. The van der Waals surface area contributed by atoms with Crippen LogP contribution in [0, 0.1) is 0 Å². The van der Waals surface area contributed by atoms with Crippen molar-refractivity contribution in [1.29, 1.82) is 0 Å². The van der Waals surface area contributed by atoms with Crippen LogP contribution in [0.1, 0.15) is 48.9 Å². The predicted octanol–water partition coefficient (Wildman–Crippen LogP) is 2.65. The van der Waals surface area contributed by atoms with Crippen LogP contribution in [0.3, 0.4) is 0 Å². The molecule has 144 valence electrons. The third-order valence-corrected chi connectivity index (χ3v) is 7.03. The van der Waals surface area contributed by atoms with Crippen molar-refractivity contribution in [3.05, 3.63) is 29.8 Å². The van der Waals surface area contributed by atoms with E-state index in [1.165, 1.54) is 10.7 Å².